The lowest BCUT2D eigenvalue weighted by Crippen LogP contribution is -2.07. The van der Waals surface area contributed by atoms with Crippen LogP contribution in [0.25, 0.3) is 22.3 Å². The highest BCUT2D eigenvalue weighted by molar-refractivity contribution is 9.11. The van der Waals surface area contributed by atoms with E-state index in [-0.39, 0.29) is 11.2 Å². The Morgan fingerprint density at radius 2 is 1.71 bits per heavy atom. The van der Waals surface area contributed by atoms with Crippen LogP contribution in [-0.2, 0) is 0 Å². The summed E-state index contributed by atoms with van der Waals surface area (Å²) >= 11 is 6.57. The summed E-state index contributed by atoms with van der Waals surface area (Å²) in [6.07, 6.45) is 0. The van der Waals surface area contributed by atoms with Crippen molar-refractivity contribution in [2.75, 3.05) is 0 Å². The number of hydrogen-bond donors (Lipinski definition) is 1. The molecule has 0 spiro atoms. The predicted molar refractivity (Wildman–Crippen MR) is 89.7 cm³/mol. The third-order valence-electron chi connectivity index (χ3n) is 3.30. The van der Waals surface area contributed by atoms with Crippen LogP contribution in [-0.4, -0.2) is 5.11 Å². The second-order valence-electron chi connectivity index (χ2n) is 4.67. The molecule has 21 heavy (non-hydrogen) atoms. The summed E-state index contributed by atoms with van der Waals surface area (Å²) < 4.78 is 6.95. The van der Waals surface area contributed by atoms with Crippen LogP contribution < -0.4 is 5.43 Å². The molecule has 106 valence electrons. The van der Waals surface area contributed by atoms with Crippen LogP contribution in [0.3, 0.4) is 0 Å². The Balaban J connectivity index is 2.35. The van der Waals surface area contributed by atoms with Crippen molar-refractivity contribution in [2.45, 2.75) is 6.92 Å². The minimum absolute atomic E-state index is 0.0489. The molecule has 5 heteroatoms. The molecule has 1 aromatic heterocycles. The number of phenols is 1. The van der Waals surface area contributed by atoms with Gasteiger partial charge in [0.2, 0.25) is 0 Å². The molecule has 3 aromatic rings. The van der Waals surface area contributed by atoms with E-state index in [4.69, 9.17) is 4.42 Å². The highest BCUT2D eigenvalue weighted by Crippen LogP contribution is 2.37. The molecule has 1 heterocycles. The topological polar surface area (TPSA) is 50.4 Å². The molecule has 0 aliphatic rings. The first-order chi connectivity index (χ1) is 9.99. The third-order valence-corrected chi connectivity index (χ3v) is 4.51. The number of halogens is 2. The Morgan fingerprint density at radius 3 is 2.38 bits per heavy atom. The van der Waals surface area contributed by atoms with Gasteiger partial charge in [0.05, 0.1) is 14.3 Å². The highest BCUT2D eigenvalue weighted by Gasteiger charge is 2.15. The molecule has 0 atom stereocenters. The van der Waals surface area contributed by atoms with Crippen LogP contribution >= 0.6 is 31.9 Å². The zero-order valence-electron chi connectivity index (χ0n) is 11.0. The Morgan fingerprint density at radius 1 is 1.10 bits per heavy atom. The average Bonchev–Trinajstić information content (AvgIpc) is 2.48. The maximum atomic E-state index is 12.4. The number of benzene rings is 2. The van der Waals surface area contributed by atoms with Crippen LogP contribution in [0.15, 0.2) is 54.6 Å². The maximum absolute atomic E-state index is 12.4. The van der Waals surface area contributed by atoms with Gasteiger partial charge in [0, 0.05) is 11.1 Å². The smallest absolute Gasteiger partial charge is 0.196 e. The van der Waals surface area contributed by atoms with E-state index in [2.05, 4.69) is 31.9 Å². The van der Waals surface area contributed by atoms with E-state index in [9.17, 15) is 9.90 Å². The molecule has 0 fully saturated rings. The van der Waals surface area contributed by atoms with Gasteiger partial charge in [-0.3, -0.25) is 4.79 Å². The van der Waals surface area contributed by atoms with Gasteiger partial charge in [0.15, 0.2) is 5.43 Å². The molecule has 0 aliphatic heterocycles. The minimum Gasteiger partial charge on any atom is -0.506 e. The van der Waals surface area contributed by atoms with Gasteiger partial charge < -0.3 is 9.52 Å². The van der Waals surface area contributed by atoms with E-state index in [1.807, 2.05) is 12.1 Å². The van der Waals surface area contributed by atoms with Crippen molar-refractivity contribution in [1.82, 2.24) is 0 Å². The Bertz CT molecular complexity index is 890. The lowest BCUT2D eigenvalue weighted by molar-refractivity contribution is 0.468. The largest absolute Gasteiger partial charge is 0.506 e. The van der Waals surface area contributed by atoms with Crippen molar-refractivity contribution >= 4 is 42.8 Å². The van der Waals surface area contributed by atoms with Crippen molar-refractivity contribution in [3.63, 3.8) is 0 Å². The molecule has 0 unspecified atom stereocenters. The highest BCUT2D eigenvalue weighted by atomic mass is 79.9. The number of hydrogen-bond acceptors (Lipinski definition) is 3. The van der Waals surface area contributed by atoms with E-state index in [1.54, 1.807) is 31.2 Å². The van der Waals surface area contributed by atoms with E-state index >= 15 is 0 Å². The molecule has 3 nitrogen and oxygen atoms in total. The summed E-state index contributed by atoms with van der Waals surface area (Å²) in [7, 11) is 0. The van der Waals surface area contributed by atoms with E-state index in [0.717, 1.165) is 0 Å². The lowest BCUT2D eigenvalue weighted by Gasteiger charge is -2.09. The monoisotopic (exact) mass is 408 g/mol. The molecule has 0 bridgehead atoms. The molecule has 0 saturated carbocycles. The Hall–Kier alpha value is -1.59. The Kier molecular flexibility index (Phi) is 3.63. The van der Waals surface area contributed by atoms with E-state index in [0.29, 0.717) is 36.8 Å². The van der Waals surface area contributed by atoms with E-state index in [1.165, 1.54) is 0 Å². The molecule has 3 rings (SSSR count). The van der Waals surface area contributed by atoms with Crippen molar-refractivity contribution in [1.29, 1.82) is 0 Å². The summed E-state index contributed by atoms with van der Waals surface area (Å²) in [5, 5.41) is 10.4. The van der Waals surface area contributed by atoms with Crippen LogP contribution in [0.4, 0.5) is 0 Å². The summed E-state index contributed by atoms with van der Waals surface area (Å²) in [4.78, 5) is 12.4. The third kappa shape index (κ3) is 2.40. The van der Waals surface area contributed by atoms with Crippen molar-refractivity contribution in [3.05, 3.63) is 61.1 Å². The molecule has 1 N–H and O–H groups in total. The van der Waals surface area contributed by atoms with Gasteiger partial charge in [-0.1, -0.05) is 12.1 Å². The van der Waals surface area contributed by atoms with Gasteiger partial charge in [-0.25, -0.2) is 0 Å². The fourth-order valence-corrected chi connectivity index (χ4v) is 3.39. The SMILES string of the molecule is Cc1c(-c2cc(Br)c(O)c(Br)c2)oc2ccccc2c1=O. The first kappa shape index (κ1) is 14.4. The van der Waals surface area contributed by atoms with Crippen molar-refractivity contribution in [3.8, 4) is 17.1 Å². The van der Waals surface area contributed by atoms with E-state index < -0.39 is 0 Å². The summed E-state index contributed by atoms with van der Waals surface area (Å²) in [6.45, 7) is 1.74. The fraction of sp³-hybridized carbons (Fsp3) is 0.0625. The van der Waals surface area contributed by atoms with Gasteiger partial charge in [-0.15, -0.1) is 0 Å². The van der Waals surface area contributed by atoms with Gasteiger partial charge in [-0.05, 0) is 63.0 Å². The van der Waals surface area contributed by atoms with Crippen LogP contribution in [0, 0.1) is 6.92 Å². The number of aromatic hydroxyl groups is 1. The number of rotatable bonds is 1. The standard InChI is InChI=1S/C16H10Br2O3/c1-8-14(19)10-4-2-3-5-13(10)21-16(8)9-6-11(17)15(20)12(18)7-9/h2-7,20H,1H3. The molecule has 2 aromatic carbocycles. The number of fused-ring (bicyclic) bond motifs is 1. The Labute approximate surface area is 137 Å². The second-order valence-corrected chi connectivity index (χ2v) is 6.38. The van der Waals surface area contributed by atoms with Gasteiger partial charge in [0.25, 0.3) is 0 Å². The molecule has 0 aliphatic carbocycles. The second kappa shape index (κ2) is 5.31. The maximum Gasteiger partial charge on any atom is 0.196 e. The normalized spacial score (nSPS) is 11.0. The molecular weight excluding hydrogens is 400 g/mol. The number of phenolic OH excluding ortho intramolecular Hbond substituents is 1. The van der Waals surface area contributed by atoms with Crippen molar-refractivity contribution < 1.29 is 9.52 Å². The van der Waals surface area contributed by atoms with Gasteiger partial charge >= 0.3 is 0 Å². The minimum atomic E-state index is -0.0489. The fourth-order valence-electron chi connectivity index (χ4n) is 2.21. The quantitative estimate of drug-likeness (QED) is 0.615. The molecule has 0 amide bonds. The average molecular weight is 410 g/mol. The summed E-state index contributed by atoms with van der Waals surface area (Å²) in [5.41, 5.74) is 1.75. The van der Waals surface area contributed by atoms with Crippen molar-refractivity contribution in [2.24, 2.45) is 0 Å². The van der Waals surface area contributed by atoms with Gasteiger partial charge in [0.1, 0.15) is 17.1 Å². The molecule has 0 radical (unpaired) electrons. The van der Waals surface area contributed by atoms with Crippen LogP contribution in [0.5, 0.6) is 5.75 Å². The lowest BCUT2D eigenvalue weighted by atomic mass is 10.1. The molecule has 0 saturated heterocycles. The first-order valence-corrected chi connectivity index (χ1v) is 7.78. The van der Waals surface area contributed by atoms with Crippen LogP contribution in [0.2, 0.25) is 0 Å². The summed E-state index contributed by atoms with van der Waals surface area (Å²) in [6, 6.07) is 10.6. The van der Waals surface area contributed by atoms with Crippen LogP contribution in [0.1, 0.15) is 5.56 Å². The zero-order chi connectivity index (χ0) is 15.1. The predicted octanol–water partition coefficient (Wildman–Crippen LogP) is 5.00. The zero-order valence-corrected chi connectivity index (χ0v) is 14.2. The first-order valence-electron chi connectivity index (χ1n) is 6.20. The number of para-hydroxylation sites is 1. The molecular formula is C16H10Br2O3. The van der Waals surface area contributed by atoms with Gasteiger partial charge in [-0.2, -0.15) is 0 Å². The summed E-state index contributed by atoms with van der Waals surface area (Å²) in [5.74, 6) is 0.611.